The molecule has 0 bridgehead atoms. The van der Waals surface area contributed by atoms with Gasteiger partial charge < -0.3 is 10.1 Å². The number of nitrogens with zero attached hydrogens (tertiary/aromatic N) is 2. The first-order chi connectivity index (χ1) is 13.0. The number of benzene rings is 2. The third kappa shape index (κ3) is 4.61. The van der Waals surface area contributed by atoms with E-state index in [0.29, 0.717) is 12.1 Å². The smallest absolute Gasteiger partial charge is 0.338 e. The second kappa shape index (κ2) is 8.31. The largest absolute Gasteiger partial charge is 0.449 e. The van der Waals surface area contributed by atoms with E-state index in [0.717, 1.165) is 16.9 Å². The van der Waals surface area contributed by atoms with Crippen molar-refractivity contribution in [3.8, 4) is 5.69 Å². The SMILES string of the molecule is Cc1ccnn1-c1ccc(C(=O)O[C@H](C)C(=O)NCc2ccccc2)cc1. The molecule has 0 radical (unpaired) electrons. The molecule has 0 aliphatic rings. The standard InChI is InChI=1S/C21H21N3O3/c1-15-12-13-23-24(15)19-10-8-18(9-11-19)21(26)27-16(2)20(25)22-14-17-6-4-3-5-7-17/h3-13,16H,14H2,1-2H3,(H,22,25)/t16-/m1/s1. The summed E-state index contributed by atoms with van der Waals surface area (Å²) in [6.07, 6.45) is 0.835. The minimum absolute atomic E-state index is 0.337. The highest BCUT2D eigenvalue weighted by atomic mass is 16.5. The molecule has 6 heteroatoms. The van der Waals surface area contributed by atoms with Crippen molar-refractivity contribution >= 4 is 11.9 Å². The molecule has 3 rings (SSSR count). The zero-order valence-corrected chi connectivity index (χ0v) is 15.3. The third-order valence-corrected chi connectivity index (χ3v) is 4.14. The molecule has 0 spiro atoms. The van der Waals surface area contributed by atoms with Crippen molar-refractivity contribution in [2.45, 2.75) is 26.5 Å². The Morgan fingerprint density at radius 2 is 1.78 bits per heavy atom. The molecule has 0 aliphatic carbocycles. The molecule has 0 saturated heterocycles. The van der Waals surface area contributed by atoms with Gasteiger partial charge in [-0.3, -0.25) is 4.79 Å². The molecule has 3 aromatic rings. The van der Waals surface area contributed by atoms with Crippen LogP contribution in [-0.4, -0.2) is 27.8 Å². The number of nitrogens with one attached hydrogen (secondary N) is 1. The van der Waals surface area contributed by atoms with Gasteiger partial charge in [-0.1, -0.05) is 30.3 Å². The van der Waals surface area contributed by atoms with Gasteiger partial charge in [0.05, 0.1) is 11.3 Å². The van der Waals surface area contributed by atoms with Gasteiger partial charge >= 0.3 is 5.97 Å². The molecule has 1 N–H and O–H groups in total. The second-order valence-corrected chi connectivity index (χ2v) is 6.18. The lowest BCUT2D eigenvalue weighted by Crippen LogP contribution is -2.35. The zero-order chi connectivity index (χ0) is 19.2. The van der Waals surface area contributed by atoms with Crippen molar-refractivity contribution < 1.29 is 14.3 Å². The lowest BCUT2D eigenvalue weighted by molar-refractivity contribution is -0.129. The van der Waals surface area contributed by atoms with Crippen LogP contribution in [0.2, 0.25) is 0 Å². The third-order valence-electron chi connectivity index (χ3n) is 4.14. The van der Waals surface area contributed by atoms with Crippen LogP contribution in [0, 0.1) is 6.92 Å². The van der Waals surface area contributed by atoms with Crippen LogP contribution in [0.3, 0.4) is 0 Å². The van der Waals surface area contributed by atoms with Crippen LogP contribution in [0.4, 0.5) is 0 Å². The van der Waals surface area contributed by atoms with Gasteiger partial charge in [-0.05, 0) is 49.7 Å². The van der Waals surface area contributed by atoms with E-state index in [4.69, 9.17) is 4.74 Å². The molecule has 0 unspecified atom stereocenters. The van der Waals surface area contributed by atoms with Gasteiger partial charge in [0.15, 0.2) is 6.10 Å². The molecule has 138 valence electrons. The van der Waals surface area contributed by atoms with Crippen molar-refractivity contribution in [3.63, 3.8) is 0 Å². The van der Waals surface area contributed by atoms with Gasteiger partial charge in [0.25, 0.3) is 5.91 Å². The summed E-state index contributed by atoms with van der Waals surface area (Å²) in [6, 6.07) is 18.3. The molecule has 2 aromatic carbocycles. The first-order valence-electron chi connectivity index (χ1n) is 8.68. The Hall–Kier alpha value is -3.41. The van der Waals surface area contributed by atoms with Gasteiger partial charge in [0.2, 0.25) is 0 Å². The fourth-order valence-corrected chi connectivity index (χ4v) is 2.59. The number of hydrogen-bond donors (Lipinski definition) is 1. The number of carbonyl (C=O) groups excluding carboxylic acids is 2. The second-order valence-electron chi connectivity index (χ2n) is 6.18. The van der Waals surface area contributed by atoms with Crippen molar-refractivity contribution in [1.82, 2.24) is 15.1 Å². The number of carbonyl (C=O) groups is 2. The van der Waals surface area contributed by atoms with E-state index in [1.807, 2.05) is 43.3 Å². The summed E-state index contributed by atoms with van der Waals surface area (Å²) in [5, 5.41) is 6.99. The van der Waals surface area contributed by atoms with Crippen LogP contribution in [0.25, 0.3) is 5.69 Å². The van der Waals surface area contributed by atoms with Gasteiger partial charge in [-0.25, -0.2) is 9.48 Å². The maximum atomic E-state index is 12.3. The monoisotopic (exact) mass is 363 g/mol. The van der Waals surface area contributed by atoms with Gasteiger partial charge in [0.1, 0.15) is 0 Å². The molecule has 27 heavy (non-hydrogen) atoms. The number of rotatable bonds is 6. The number of hydrogen-bond acceptors (Lipinski definition) is 4. The van der Waals surface area contributed by atoms with Crippen LogP contribution in [0.1, 0.15) is 28.5 Å². The van der Waals surface area contributed by atoms with E-state index >= 15 is 0 Å². The molecule has 1 amide bonds. The van der Waals surface area contributed by atoms with Crippen LogP contribution in [0.15, 0.2) is 66.9 Å². The molecule has 1 atom stereocenters. The fraction of sp³-hybridized carbons (Fsp3) is 0.190. The predicted molar refractivity (Wildman–Crippen MR) is 101 cm³/mol. The van der Waals surface area contributed by atoms with Crippen molar-refractivity contribution in [2.24, 2.45) is 0 Å². The van der Waals surface area contributed by atoms with Gasteiger partial charge in [-0.15, -0.1) is 0 Å². The summed E-state index contributed by atoms with van der Waals surface area (Å²) in [6.45, 7) is 3.89. The maximum absolute atomic E-state index is 12.3. The first kappa shape index (κ1) is 18.4. The average molecular weight is 363 g/mol. The predicted octanol–water partition coefficient (Wildman–Crippen LogP) is 3.04. The van der Waals surface area contributed by atoms with E-state index in [9.17, 15) is 9.59 Å². The average Bonchev–Trinajstić information content (AvgIpc) is 3.12. The van der Waals surface area contributed by atoms with Crippen LogP contribution in [0.5, 0.6) is 0 Å². The number of amides is 1. The highest BCUT2D eigenvalue weighted by Gasteiger charge is 2.18. The van der Waals surface area contributed by atoms with Gasteiger partial charge in [0, 0.05) is 18.4 Å². The molecular formula is C21H21N3O3. The number of ether oxygens (including phenoxy) is 1. The maximum Gasteiger partial charge on any atom is 0.338 e. The number of esters is 1. The number of aromatic nitrogens is 2. The summed E-state index contributed by atoms with van der Waals surface area (Å²) in [7, 11) is 0. The number of aryl methyl sites for hydroxylation is 1. The highest BCUT2D eigenvalue weighted by molar-refractivity contribution is 5.92. The Morgan fingerprint density at radius 3 is 2.41 bits per heavy atom. The fourth-order valence-electron chi connectivity index (χ4n) is 2.59. The van der Waals surface area contributed by atoms with E-state index in [2.05, 4.69) is 10.4 Å². The van der Waals surface area contributed by atoms with E-state index in [-0.39, 0.29) is 5.91 Å². The Morgan fingerprint density at radius 1 is 1.07 bits per heavy atom. The molecule has 1 aromatic heterocycles. The Labute approximate surface area is 157 Å². The van der Waals surface area contributed by atoms with E-state index in [1.165, 1.54) is 0 Å². The lowest BCUT2D eigenvalue weighted by Gasteiger charge is -2.14. The molecular weight excluding hydrogens is 342 g/mol. The summed E-state index contributed by atoms with van der Waals surface area (Å²) < 4.78 is 7.04. The quantitative estimate of drug-likeness (QED) is 0.683. The Bertz CT molecular complexity index is 917. The molecule has 0 fully saturated rings. The van der Waals surface area contributed by atoms with Crippen LogP contribution in [-0.2, 0) is 16.1 Å². The van der Waals surface area contributed by atoms with E-state index in [1.54, 1.807) is 42.1 Å². The normalized spacial score (nSPS) is 11.6. The minimum Gasteiger partial charge on any atom is -0.449 e. The zero-order valence-electron chi connectivity index (χ0n) is 15.3. The molecule has 1 heterocycles. The summed E-state index contributed by atoms with van der Waals surface area (Å²) in [5.74, 6) is -0.878. The van der Waals surface area contributed by atoms with Crippen molar-refractivity contribution in [1.29, 1.82) is 0 Å². The summed E-state index contributed by atoms with van der Waals surface area (Å²) >= 11 is 0. The van der Waals surface area contributed by atoms with Crippen LogP contribution < -0.4 is 5.32 Å². The molecule has 0 aliphatic heterocycles. The Balaban J connectivity index is 1.56. The van der Waals surface area contributed by atoms with Gasteiger partial charge in [-0.2, -0.15) is 5.10 Å². The van der Waals surface area contributed by atoms with E-state index < -0.39 is 12.1 Å². The molecule has 6 nitrogen and oxygen atoms in total. The van der Waals surface area contributed by atoms with Crippen molar-refractivity contribution in [3.05, 3.63) is 83.7 Å². The first-order valence-corrected chi connectivity index (χ1v) is 8.68. The minimum atomic E-state index is -0.880. The topological polar surface area (TPSA) is 73.2 Å². The van der Waals surface area contributed by atoms with Crippen molar-refractivity contribution in [2.75, 3.05) is 0 Å². The molecule has 0 saturated carbocycles. The van der Waals surface area contributed by atoms with Crippen LogP contribution >= 0.6 is 0 Å². The summed E-state index contributed by atoms with van der Waals surface area (Å²) in [4.78, 5) is 24.4. The Kier molecular flexibility index (Phi) is 5.66. The highest BCUT2D eigenvalue weighted by Crippen LogP contribution is 2.13. The summed E-state index contributed by atoms with van der Waals surface area (Å²) in [5.41, 5.74) is 3.21. The lowest BCUT2D eigenvalue weighted by atomic mass is 10.2.